The molecule has 0 bridgehead atoms. The lowest BCUT2D eigenvalue weighted by molar-refractivity contribution is -0.274. The minimum Gasteiger partial charge on any atom is -0.406 e. The van der Waals surface area contributed by atoms with Gasteiger partial charge in [0.2, 0.25) is 0 Å². The number of halogens is 3. The summed E-state index contributed by atoms with van der Waals surface area (Å²) in [7, 11) is 0. The summed E-state index contributed by atoms with van der Waals surface area (Å²) in [5, 5.41) is 15.6. The third-order valence-electron chi connectivity index (χ3n) is 4.45. The van der Waals surface area contributed by atoms with E-state index in [1.807, 2.05) is 6.92 Å². The summed E-state index contributed by atoms with van der Waals surface area (Å²) in [6.45, 7) is 4.57. The van der Waals surface area contributed by atoms with Gasteiger partial charge in [0.1, 0.15) is 11.8 Å². The number of hydrogen-bond donors (Lipinski definition) is 2. The summed E-state index contributed by atoms with van der Waals surface area (Å²) >= 11 is 0. The SMILES string of the molecule is CCNC(=O)Nc1ccc(-c2c(C#N)c3ccc(OC(F)(F)F)cc3n2CC)cc1. The van der Waals surface area contributed by atoms with Gasteiger partial charge in [0.05, 0.1) is 16.8 Å². The highest BCUT2D eigenvalue weighted by molar-refractivity contribution is 5.95. The van der Waals surface area contributed by atoms with Crippen LogP contribution in [0.2, 0.25) is 0 Å². The van der Waals surface area contributed by atoms with E-state index in [1.165, 1.54) is 18.2 Å². The zero-order chi connectivity index (χ0) is 21.9. The molecule has 2 N–H and O–H groups in total. The molecule has 3 aromatic rings. The van der Waals surface area contributed by atoms with Gasteiger partial charge in [0.25, 0.3) is 0 Å². The Kier molecular flexibility index (Phi) is 5.87. The van der Waals surface area contributed by atoms with E-state index in [0.29, 0.717) is 46.5 Å². The molecule has 0 unspecified atom stereocenters. The summed E-state index contributed by atoms with van der Waals surface area (Å²) < 4.78 is 43.6. The minimum absolute atomic E-state index is 0.331. The number of fused-ring (bicyclic) bond motifs is 1. The molecule has 1 heterocycles. The van der Waals surface area contributed by atoms with Gasteiger partial charge in [-0.25, -0.2) is 4.79 Å². The van der Waals surface area contributed by atoms with Crippen LogP contribution in [0.25, 0.3) is 22.2 Å². The van der Waals surface area contributed by atoms with Gasteiger partial charge in [-0.1, -0.05) is 12.1 Å². The van der Waals surface area contributed by atoms with E-state index in [9.17, 15) is 23.2 Å². The fourth-order valence-corrected chi connectivity index (χ4v) is 3.32. The molecule has 0 radical (unpaired) electrons. The van der Waals surface area contributed by atoms with Crippen LogP contribution < -0.4 is 15.4 Å². The van der Waals surface area contributed by atoms with Crippen LogP contribution in [-0.2, 0) is 6.54 Å². The fraction of sp³-hybridized carbons (Fsp3) is 0.238. The Labute approximate surface area is 170 Å². The lowest BCUT2D eigenvalue weighted by Crippen LogP contribution is -2.28. The Balaban J connectivity index is 2.06. The molecule has 0 fully saturated rings. The predicted octanol–water partition coefficient (Wildman–Crippen LogP) is 5.24. The van der Waals surface area contributed by atoms with Crippen molar-refractivity contribution in [3.05, 3.63) is 48.0 Å². The van der Waals surface area contributed by atoms with E-state index in [-0.39, 0.29) is 11.8 Å². The van der Waals surface area contributed by atoms with Crippen molar-refractivity contribution in [3.63, 3.8) is 0 Å². The van der Waals surface area contributed by atoms with Gasteiger partial charge in [-0.05, 0) is 43.7 Å². The fourth-order valence-electron chi connectivity index (χ4n) is 3.32. The Morgan fingerprint density at radius 3 is 2.43 bits per heavy atom. The van der Waals surface area contributed by atoms with Gasteiger partial charge in [-0.3, -0.25) is 0 Å². The zero-order valence-corrected chi connectivity index (χ0v) is 16.3. The monoisotopic (exact) mass is 416 g/mol. The smallest absolute Gasteiger partial charge is 0.406 e. The molecule has 0 saturated heterocycles. The number of nitrogens with one attached hydrogen (secondary N) is 2. The molecule has 2 aromatic carbocycles. The molecule has 3 rings (SSSR count). The van der Waals surface area contributed by atoms with Crippen LogP contribution in [0.1, 0.15) is 19.4 Å². The van der Waals surface area contributed by atoms with Crippen molar-refractivity contribution in [2.75, 3.05) is 11.9 Å². The number of ether oxygens (including phenoxy) is 1. The lowest BCUT2D eigenvalue weighted by Gasteiger charge is -2.11. The second-order valence-corrected chi connectivity index (χ2v) is 6.37. The Morgan fingerprint density at radius 1 is 1.17 bits per heavy atom. The average molecular weight is 416 g/mol. The first-order valence-corrected chi connectivity index (χ1v) is 9.24. The summed E-state index contributed by atoms with van der Waals surface area (Å²) in [6.07, 6.45) is -4.80. The number of aromatic nitrogens is 1. The number of hydrogen-bond acceptors (Lipinski definition) is 3. The van der Waals surface area contributed by atoms with Gasteiger partial charge < -0.3 is 19.9 Å². The van der Waals surface area contributed by atoms with Crippen LogP contribution in [0.15, 0.2) is 42.5 Å². The number of nitriles is 1. The predicted molar refractivity (Wildman–Crippen MR) is 107 cm³/mol. The number of rotatable bonds is 5. The molecule has 0 saturated carbocycles. The highest BCUT2D eigenvalue weighted by Gasteiger charge is 2.31. The van der Waals surface area contributed by atoms with Gasteiger partial charge in [0, 0.05) is 30.2 Å². The van der Waals surface area contributed by atoms with Crippen molar-refractivity contribution in [3.8, 4) is 23.1 Å². The molecule has 0 aliphatic heterocycles. The van der Waals surface area contributed by atoms with E-state index in [4.69, 9.17) is 0 Å². The number of alkyl halides is 3. The number of aryl methyl sites for hydroxylation is 1. The van der Waals surface area contributed by atoms with Crippen LogP contribution in [0.3, 0.4) is 0 Å². The van der Waals surface area contributed by atoms with Crippen molar-refractivity contribution in [2.24, 2.45) is 0 Å². The van der Waals surface area contributed by atoms with Crippen LogP contribution in [0.4, 0.5) is 23.7 Å². The maximum atomic E-state index is 12.6. The second kappa shape index (κ2) is 8.37. The number of carbonyl (C=O) groups excluding carboxylic acids is 1. The maximum absolute atomic E-state index is 12.6. The van der Waals surface area contributed by atoms with Crippen LogP contribution in [-0.4, -0.2) is 23.5 Å². The highest BCUT2D eigenvalue weighted by Crippen LogP contribution is 2.36. The normalized spacial score (nSPS) is 11.2. The molecule has 0 aliphatic rings. The molecule has 6 nitrogen and oxygen atoms in total. The topological polar surface area (TPSA) is 79.1 Å². The van der Waals surface area contributed by atoms with Crippen LogP contribution >= 0.6 is 0 Å². The second-order valence-electron chi connectivity index (χ2n) is 6.37. The van der Waals surface area contributed by atoms with Gasteiger partial charge in [0.15, 0.2) is 0 Å². The highest BCUT2D eigenvalue weighted by atomic mass is 19.4. The number of amides is 2. The molecular formula is C21H19F3N4O2. The number of nitrogens with zero attached hydrogens (tertiary/aromatic N) is 2. The summed E-state index contributed by atoms with van der Waals surface area (Å²) in [5.41, 5.74) is 2.68. The summed E-state index contributed by atoms with van der Waals surface area (Å²) in [4.78, 5) is 11.7. The molecule has 1 aromatic heterocycles. The lowest BCUT2D eigenvalue weighted by atomic mass is 10.1. The minimum atomic E-state index is -4.80. The van der Waals surface area contributed by atoms with Crippen LogP contribution in [0, 0.1) is 11.3 Å². The van der Waals surface area contributed by atoms with Gasteiger partial charge in [-0.2, -0.15) is 5.26 Å². The van der Waals surface area contributed by atoms with E-state index >= 15 is 0 Å². The Hall–Kier alpha value is -3.67. The third-order valence-corrected chi connectivity index (χ3v) is 4.45. The summed E-state index contributed by atoms with van der Waals surface area (Å²) in [5.74, 6) is -0.347. The van der Waals surface area contributed by atoms with E-state index in [0.717, 1.165) is 0 Å². The Morgan fingerprint density at radius 2 is 1.87 bits per heavy atom. The molecule has 0 spiro atoms. The van der Waals surface area contributed by atoms with Crippen molar-refractivity contribution in [2.45, 2.75) is 26.8 Å². The number of urea groups is 1. The maximum Gasteiger partial charge on any atom is 0.573 e. The number of carbonyl (C=O) groups is 1. The molecule has 0 aliphatic carbocycles. The quantitative estimate of drug-likeness (QED) is 0.597. The van der Waals surface area contributed by atoms with Gasteiger partial charge in [-0.15, -0.1) is 13.2 Å². The largest absolute Gasteiger partial charge is 0.573 e. The average Bonchev–Trinajstić information content (AvgIpc) is 3.00. The first-order valence-electron chi connectivity index (χ1n) is 9.24. The molecule has 9 heteroatoms. The Bertz CT molecular complexity index is 1110. The molecule has 2 amide bonds. The molecule has 0 atom stereocenters. The molecule has 30 heavy (non-hydrogen) atoms. The first kappa shape index (κ1) is 21.0. The van der Waals surface area contributed by atoms with E-state index < -0.39 is 6.36 Å². The van der Waals surface area contributed by atoms with E-state index in [2.05, 4.69) is 21.4 Å². The zero-order valence-electron chi connectivity index (χ0n) is 16.3. The standard InChI is InChI=1S/C21H19F3N4O2/c1-3-26-20(29)27-14-7-5-13(6-8-14)19-17(12-25)16-10-9-15(30-21(22,23)24)11-18(16)28(19)4-2/h5-11H,3-4H2,1-2H3,(H2,26,27,29). The van der Waals surface area contributed by atoms with Crippen molar-refractivity contribution in [1.29, 1.82) is 5.26 Å². The van der Waals surface area contributed by atoms with E-state index in [1.54, 1.807) is 35.8 Å². The van der Waals surface area contributed by atoms with Crippen molar-refractivity contribution < 1.29 is 22.7 Å². The van der Waals surface area contributed by atoms with Crippen molar-refractivity contribution in [1.82, 2.24) is 9.88 Å². The first-order chi connectivity index (χ1) is 14.3. The van der Waals surface area contributed by atoms with Crippen LogP contribution in [0.5, 0.6) is 5.75 Å². The summed E-state index contributed by atoms with van der Waals surface area (Å²) in [6, 6.07) is 12.6. The number of anilines is 1. The van der Waals surface area contributed by atoms with Gasteiger partial charge >= 0.3 is 12.4 Å². The van der Waals surface area contributed by atoms with Crippen molar-refractivity contribution >= 4 is 22.6 Å². The molecular weight excluding hydrogens is 397 g/mol. The third kappa shape index (κ3) is 4.33. The molecule has 156 valence electrons. The number of benzene rings is 2.